The molecule has 0 saturated carbocycles. The van der Waals surface area contributed by atoms with Crippen LogP contribution in [-0.4, -0.2) is 9.97 Å². The Morgan fingerprint density at radius 3 is 2.58 bits per heavy atom. The van der Waals surface area contributed by atoms with Gasteiger partial charge in [0.05, 0.1) is 12.2 Å². The third-order valence-electron chi connectivity index (χ3n) is 3.19. The van der Waals surface area contributed by atoms with Gasteiger partial charge in [-0.05, 0) is 23.1 Å². The van der Waals surface area contributed by atoms with Crippen molar-refractivity contribution in [3.63, 3.8) is 0 Å². The van der Waals surface area contributed by atoms with Crippen LogP contribution in [0.25, 0.3) is 10.8 Å². The molecule has 0 aliphatic heterocycles. The van der Waals surface area contributed by atoms with Gasteiger partial charge in [-0.3, -0.25) is 9.97 Å². The van der Waals surface area contributed by atoms with Crippen LogP contribution in [0.5, 0.6) is 0 Å². The minimum atomic E-state index is -0.532. The summed E-state index contributed by atoms with van der Waals surface area (Å²) in [6.45, 7) is 0. The lowest BCUT2D eigenvalue weighted by molar-refractivity contribution is 0.594. The van der Waals surface area contributed by atoms with Gasteiger partial charge in [0.25, 0.3) is 0 Å². The number of aromatic nitrogens is 2. The lowest BCUT2D eigenvalue weighted by atomic mass is 9.96. The van der Waals surface area contributed by atoms with Crippen LogP contribution in [0.4, 0.5) is 4.39 Å². The van der Waals surface area contributed by atoms with Crippen molar-refractivity contribution < 1.29 is 4.39 Å². The molecule has 0 amide bonds. The first-order valence-electron chi connectivity index (χ1n) is 5.95. The molecule has 94 valence electrons. The molecule has 1 unspecified atom stereocenters. The Morgan fingerprint density at radius 2 is 1.74 bits per heavy atom. The normalized spacial score (nSPS) is 12.5. The Labute approximate surface area is 109 Å². The van der Waals surface area contributed by atoms with Crippen molar-refractivity contribution in [2.45, 2.75) is 6.04 Å². The van der Waals surface area contributed by atoms with Gasteiger partial charge in [0.2, 0.25) is 0 Å². The Hall–Kier alpha value is -2.33. The maximum absolute atomic E-state index is 13.8. The molecule has 0 aliphatic rings. The van der Waals surface area contributed by atoms with Crippen LogP contribution in [0.15, 0.2) is 55.1 Å². The van der Waals surface area contributed by atoms with E-state index >= 15 is 0 Å². The van der Waals surface area contributed by atoms with Crippen LogP contribution >= 0.6 is 0 Å². The van der Waals surface area contributed by atoms with Crippen molar-refractivity contribution in [3.8, 4) is 0 Å². The maximum atomic E-state index is 13.8. The smallest absolute Gasteiger partial charge is 0.146 e. The lowest BCUT2D eigenvalue weighted by Crippen LogP contribution is -2.14. The largest absolute Gasteiger partial charge is 0.320 e. The third-order valence-corrected chi connectivity index (χ3v) is 3.19. The maximum Gasteiger partial charge on any atom is 0.146 e. The molecule has 4 heteroatoms. The van der Waals surface area contributed by atoms with E-state index in [2.05, 4.69) is 9.97 Å². The molecule has 2 aromatic heterocycles. The molecule has 3 nitrogen and oxygen atoms in total. The summed E-state index contributed by atoms with van der Waals surface area (Å²) in [5.74, 6) is -0.393. The van der Waals surface area contributed by atoms with Crippen LogP contribution < -0.4 is 5.73 Å². The molecule has 0 bridgehead atoms. The van der Waals surface area contributed by atoms with Crippen molar-refractivity contribution in [2.75, 3.05) is 0 Å². The van der Waals surface area contributed by atoms with E-state index in [1.54, 1.807) is 24.7 Å². The molecule has 2 N–H and O–H groups in total. The first-order valence-corrected chi connectivity index (χ1v) is 5.95. The van der Waals surface area contributed by atoms with Gasteiger partial charge >= 0.3 is 0 Å². The van der Waals surface area contributed by atoms with E-state index in [4.69, 9.17) is 5.73 Å². The summed E-state index contributed by atoms with van der Waals surface area (Å²) in [6, 6.07) is 8.78. The van der Waals surface area contributed by atoms with Gasteiger partial charge in [0.15, 0.2) is 0 Å². The number of halogens is 1. The zero-order chi connectivity index (χ0) is 13.2. The molecule has 1 aromatic carbocycles. The van der Waals surface area contributed by atoms with E-state index in [0.29, 0.717) is 5.56 Å². The monoisotopic (exact) mass is 253 g/mol. The minimum absolute atomic E-state index is 0.393. The van der Waals surface area contributed by atoms with Crippen LogP contribution in [0, 0.1) is 5.82 Å². The lowest BCUT2D eigenvalue weighted by Gasteiger charge is -2.15. The van der Waals surface area contributed by atoms with Gasteiger partial charge in [0.1, 0.15) is 5.82 Å². The Bertz CT molecular complexity index is 722. The van der Waals surface area contributed by atoms with Gasteiger partial charge in [-0.15, -0.1) is 0 Å². The number of pyridine rings is 2. The van der Waals surface area contributed by atoms with Gasteiger partial charge in [-0.1, -0.05) is 18.2 Å². The topological polar surface area (TPSA) is 51.8 Å². The molecule has 2 heterocycles. The van der Waals surface area contributed by atoms with Gasteiger partial charge in [0, 0.05) is 29.5 Å². The summed E-state index contributed by atoms with van der Waals surface area (Å²) >= 11 is 0. The second kappa shape index (κ2) is 4.74. The van der Waals surface area contributed by atoms with E-state index in [9.17, 15) is 4.39 Å². The van der Waals surface area contributed by atoms with E-state index in [-0.39, 0.29) is 0 Å². The van der Waals surface area contributed by atoms with Crippen LogP contribution in [-0.2, 0) is 0 Å². The third kappa shape index (κ3) is 2.06. The summed E-state index contributed by atoms with van der Waals surface area (Å²) in [6.07, 6.45) is 6.20. The zero-order valence-electron chi connectivity index (χ0n) is 10.1. The van der Waals surface area contributed by atoms with Crippen molar-refractivity contribution >= 4 is 10.8 Å². The molecule has 0 saturated heterocycles. The molecule has 3 rings (SSSR count). The summed E-state index contributed by atoms with van der Waals surface area (Å²) < 4.78 is 13.8. The highest BCUT2D eigenvalue weighted by Crippen LogP contribution is 2.27. The Kier molecular flexibility index (Phi) is 2.93. The van der Waals surface area contributed by atoms with Gasteiger partial charge < -0.3 is 5.73 Å². The van der Waals surface area contributed by atoms with Crippen molar-refractivity contribution in [1.82, 2.24) is 9.97 Å². The second-order valence-corrected chi connectivity index (χ2v) is 4.32. The number of nitrogens with two attached hydrogens (primary N) is 1. The van der Waals surface area contributed by atoms with Crippen molar-refractivity contribution in [3.05, 3.63) is 72.1 Å². The van der Waals surface area contributed by atoms with E-state index in [1.165, 1.54) is 6.20 Å². The Balaban J connectivity index is 2.17. The van der Waals surface area contributed by atoms with Crippen LogP contribution in [0.3, 0.4) is 0 Å². The number of benzene rings is 1. The molecule has 19 heavy (non-hydrogen) atoms. The SMILES string of the molecule is NC(c1ccncc1F)c1cccc2ccncc12. The average Bonchev–Trinajstić information content (AvgIpc) is 2.46. The number of nitrogens with zero attached hydrogens (tertiary/aromatic N) is 2. The molecule has 0 aliphatic carbocycles. The predicted octanol–water partition coefficient (Wildman–Crippen LogP) is 2.82. The fourth-order valence-electron chi connectivity index (χ4n) is 2.21. The first-order chi connectivity index (χ1) is 9.27. The number of rotatable bonds is 2. The zero-order valence-corrected chi connectivity index (χ0v) is 10.1. The number of hydrogen-bond acceptors (Lipinski definition) is 3. The second-order valence-electron chi connectivity index (χ2n) is 4.32. The highest BCUT2D eigenvalue weighted by molar-refractivity contribution is 5.85. The van der Waals surface area contributed by atoms with E-state index in [1.807, 2.05) is 24.3 Å². The van der Waals surface area contributed by atoms with E-state index < -0.39 is 11.9 Å². The molecule has 1 atom stereocenters. The molecule has 0 fully saturated rings. The molecule has 0 radical (unpaired) electrons. The summed E-state index contributed by atoms with van der Waals surface area (Å²) in [7, 11) is 0. The van der Waals surface area contributed by atoms with Crippen LogP contribution in [0.1, 0.15) is 17.2 Å². The van der Waals surface area contributed by atoms with Gasteiger partial charge in [-0.25, -0.2) is 4.39 Å². The molecular weight excluding hydrogens is 241 g/mol. The summed E-state index contributed by atoms with van der Waals surface area (Å²) in [5, 5.41) is 1.98. The fraction of sp³-hybridized carbons (Fsp3) is 0.0667. The molecular formula is C15H12FN3. The number of fused-ring (bicyclic) bond motifs is 1. The minimum Gasteiger partial charge on any atom is -0.320 e. The first kappa shape index (κ1) is 11.7. The van der Waals surface area contributed by atoms with Crippen molar-refractivity contribution in [1.29, 1.82) is 0 Å². The Morgan fingerprint density at radius 1 is 0.947 bits per heavy atom. The number of hydrogen-bond donors (Lipinski definition) is 1. The highest BCUT2D eigenvalue weighted by Gasteiger charge is 2.15. The summed E-state index contributed by atoms with van der Waals surface area (Å²) in [4.78, 5) is 7.85. The summed E-state index contributed by atoms with van der Waals surface area (Å²) in [5.41, 5.74) is 7.48. The molecule has 3 aromatic rings. The van der Waals surface area contributed by atoms with Gasteiger partial charge in [-0.2, -0.15) is 0 Å². The predicted molar refractivity (Wildman–Crippen MR) is 72.0 cm³/mol. The average molecular weight is 253 g/mol. The quantitative estimate of drug-likeness (QED) is 0.764. The highest BCUT2D eigenvalue weighted by atomic mass is 19.1. The van der Waals surface area contributed by atoms with Crippen molar-refractivity contribution in [2.24, 2.45) is 5.73 Å². The fourth-order valence-corrected chi connectivity index (χ4v) is 2.21. The van der Waals surface area contributed by atoms with Crippen LogP contribution in [0.2, 0.25) is 0 Å². The molecule has 0 spiro atoms. The standard InChI is InChI=1S/C15H12FN3/c16-14-9-19-7-5-12(14)15(17)11-3-1-2-10-4-6-18-8-13(10)11/h1-9,15H,17H2. The van der Waals surface area contributed by atoms with E-state index in [0.717, 1.165) is 16.3 Å².